The summed E-state index contributed by atoms with van der Waals surface area (Å²) in [5.74, 6) is 1.19. The predicted molar refractivity (Wildman–Crippen MR) is 56.3 cm³/mol. The third-order valence-corrected chi connectivity index (χ3v) is 2.57. The summed E-state index contributed by atoms with van der Waals surface area (Å²) >= 11 is 0. The van der Waals surface area contributed by atoms with Crippen molar-refractivity contribution in [1.82, 2.24) is 0 Å². The zero-order valence-electron chi connectivity index (χ0n) is 8.59. The van der Waals surface area contributed by atoms with Crippen LogP contribution in [0.5, 0.6) is 5.75 Å². The number of non-ortho nitro benzene ring substituents is 1. The van der Waals surface area contributed by atoms with Crippen LogP contribution < -0.4 is 4.74 Å². The molecule has 0 atom stereocenters. The van der Waals surface area contributed by atoms with Crippen molar-refractivity contribution in [2.24, 2.45) is 5.92 Å². The van der Waals surface area contributed by atoms with Gasteiger partial charge in [0.25, 0.3) is 5.69 Å². The van der Waals surface area contributed by atoms with Crippen LogP contribution in [0.2, 0.25) is 0 Å². The molecular formula is C11H11NO4. The fraction of sp³-hybridized carbons (Fsp3) is 0.364. The van der Waals surface area contributed by atoms with E-state index < -0.39 is 4.92 Å². The Morgan fingerprint density at radius 2 is 1.94 bits per heavy atom. The quantitative estimate of drug-likeness (QED) is 0.575. The van der Waals surface area contributed by atoms with Crippen molar-refractivity contribution >= 4 is 11.5 Å². The standard InChI is InChI=1S/C11H11NO4/c13-10-5-8(6-10)7-16-11-3-1-9(2-4-11)12(14)15/h1-4,8H,5-7H2. The Kier molecular flexibility index (Phi) is 2.85. The van der Waals surface area contributed by atoms with Crippen molar-refractivity contribution in [3.63, 3.8) is 0 Å². The fourth-order valence-electron chi connectivity index (χ4n) is 1.58. The first kappa shape index (κ1) is 10.6. The molecule has 0 aromatic heterocycles. The number of ketones is 1. The van der Waals surface area contributed by atoms with E-state index in [-0.39, 0.29) is 11.5 Å². The molecule has 16 heavy (non-hydrogen) atoms. The van der Waals surface area contributed by atoms with Crippen LogP contribution in [0.15, 0.2) is 24.3 Å². The van der Waals surface area contributed by atoms with Gasteiger partial charge in [0.2, 0.25) is 0 Å². The molecule has 1 fully saturated rings. The summed E-state index contributed by atoms with van der Waals surface area (Å²) in [6, 6.07) is 5.94. The zero-order chi connectivity index (χ0) is 11.5. The summed E-state index contributed by atoms with van der Waals surface area (Å²) in [5.41, 5.74) is 0.0474. The normalized spacial score (nSPS) is 15.6. The van der Waals surface area contributed by atoms with Gasteiger partial charge < -0.3 is 4.74 Å². The molecule has 0 radical (unpaired) electrons. The van der Waals surface area contributed by atoms with E-state index in [0.717, 1.165) is 0 Å². The number of Topliss-reactive ketones (excluding diaryl/α,β-unsaturated/α-hetero) is 1. The average molecular weight is 221 g/mol. The molecule has 0 heterocycles. The van der Waals surface area contributed by atoms with Crippen LogP contribution in [0.4, 0.5) is 5.69 Å². The molecule has 5 nitrogen and oxygen atoms in total. The largest absolute Gasteiger partial charge is 0.493 e. The summed E-state index contributed by atoms with van der Waals surface area (Å²) in [4.78, 5) is 20.7. The van der Waals surface area contributed by atoms with Crippen molar-refractivity contribution in [2.45, 2.75) is 12.8 Å². The van der Waals surface area contributed by atoms with Gasteiger partial charge in [0.1, 0.15) is 11.5 Å². The molecule has 1 aromatic carbocycles. The smallest absolute Gasteiger partial charge is 0.269 e. The van der Waals surface area contributed by atoms with E-state index >= 15 is 0 Å². The van der Waals surface area contributed by atoms with Crippen molar-refractivity contribution < 1.29 is 14.5 Å². The number of ether oxygens (including phenoxy) is 1. The molecule has 0 spiro atoms. The van der Waals surface area contributed by atoms with Crippen LogP contribution >= 0.6 is 0 Å². The second kappa shape index (κ2) is 4.30. The molecule has 0 unspecified atom stereocenters. The van der Waals surface area contributed by atoms with E-state index in [0.29, 0.717) is 31.1 Å². The molecule has 0 aliphatic heterocycles. The van der Waals surface area contributed by atoms with Gasteiger partial charge in [-0.2, -0.15) is 0 Å². The van der Waals surface area contributed by atoms with Gasteiger partial charge in [-0.05, 0) is 12.1 Å². The lowest BCUT2D eigenvalue weighted by molar-refractivity contribution is -0.384. The number of nitrogens with zero attached hydrogens (tertiary/aromatic N) is 1. The molecule has 1 aliphatic rings. The Balaban J connectivity index is 1.85. The summed E-state index contributed by atoms with van der Waals surface area (Å²) in [6.07, 6.45) is 1.18. The number of rotatable bonds is 4. The number of nitro groups is 1. The van der Waals surface area contributed by atoms with Gasteiger partial charge in [0, 0.05) is 30.9 Å². The molecule has 5 heteroatoms. The minimum absolute atomic E-state index is 0.0474. The van der Waals surface area contributed by atoms with E-state index in [1.165, 1.54) is 12.1 Å². The first-order valence-electron chi connectivity index (χ1n) is 5.04. The van der Waals surface area contributed by atoms with E-state index in [1.807, 2.05) is 0 Å². The maximum Gasteiger partial charge on any atom is 0.269 e. The molecular weight excluding hydrogens is 210 g/mol. The van der Waals surface area contributed by atoms with Gasteiger partial charge in [-0.15, -0.1) is 0 Å². The van der Waals surface area contributed by atoms with Crippen molar-refractivity contribution in [3.05, 3.63) is 34.4 Å². The van der Waals surface area contributed by atoms with Gasteiger partial charge in [-0.1, -0.05) is 0 Å². The number of carbonyl (C=O) groups is 1. The summed E-state index contributed by atoms with van der Waals surface area (Å²) < 4.78 is 5.42. The molecule has 0 saturated heterocycles. The molecule has 1 aromatic rings. The number of carbonyl (C=O) groups excluding carboxylic acids is 1. The summed E-state index contributed by atoms with van der Waals surface area (Å²) in [6.45, 7) is 0.504. The van der Waals surface area contributed by atoms with Crippen LogP contribution in [-0.4, -0.2) is 17.3 Å². The highest BCUT2D eigenvalue weighted by Gasteiger charge is 2.26. The lowest BCUT2D eigenvalue weighted by atomic mass is 9.85. The first-order valence-corrected chi connectivity index (χ1v) is 5.04. The monoisotopic (exact) mass is 221 g/mol. The van der Waals surface area contributed by atoms with Crippen LogP contribution in [0.25, 0.3) is 0 Å². The minimum atomic E-state index is -0.450. The van der Waals surface area contributed by atoms with Crippen LogP contribution in [0.1, 0.15) is 12.8 Å². The zero-order valence-corrected chi connectivity index (χ0v) is 8.59. The SMILES string of the molecule is O=C1CC(COc2ccc([N+](=O)[O-])cc2)C1. The number of hydrogen-bond donors (Lipinski definition) is 0. The molecule has 1 saturated carbocycles. The minimum Gasteiger partial charge on any atom is -0.493 e. The molecule has 0 amide bonds. The number of hydrogen-bond acceptors (Lipinski definition) is 4. The molecule has 1 aliphatic carbocycles. The van der Waals surface area contributed by atoms with Crippen LogP contribution in [-0.2, 0) is 4.79 Å². The third-order valence-electron chi connectivity index (χ3n) is 2.57. The van der Waals surface area contributed by atoms with Gasteiger partial charge in [-0.25, -0.2) is 0 Å². The molecule has 0 N–H and O–H groups in total. The van der Waals surface area contributed by atoms with Crippen LogP contribution in [0.3, 0.4) is 0 Å². The molecule has 2 rings (SSSR count). The number of benzene rings is 1. The lowest BCUT2D eigenvalue weighted by Gasteiger charge is -2.23. The maximum atomic E-state index is 10.7. The van der Waals surface area contributed by atoms with Crippen molar-refractivity contribution in [3.8, 4) is 5.75 Å². The van der Waals surface area contributed by atoms with E-state index in [2.05, 4.69) is 0 Å². The highest BCUT2D eigenvalue weighted by Crippen LogP contribution is 2.24. The second-order valence-corrected chi connectivity index (χ2v) is 3.87. The van der Waals surface area contributed by atoms with Crippen molar-refractivity contribution in [1.29, 1.82) is 0 Å². The highest BCUT2D eigenvalue weighted by atomic mass is 16.6. The molecule has 0 bridgehead atoms. The first-order chi connectivity index (χ1) is 7.65. The summed E-state index contributed by atoms with van der Waals surface area (Å²) in [7, 11) is 0. The molecule has 84 valence electrons. The summed E-state index contributed by atoms with van der Waals surface area (Å²) in [5, 5.41) is 10.4. The average Bonchev–Trinajstić information content (AvgIpc) is 2.23. The van der Waals surface area contributed by atoms with E-state index in [1.54, 1.807) is 12.1 Å². The predicted octanol–water partition coefficient (Wildman–Crippen LogP) is 1.95. The Morgan fingerprint density at radius 1 is 1.31 bits per heavy atom. The van der Waals surface area contributed by atoms with Gasteiger partial charge in [0.15, 0.2) is 0 Å². The number of nitro benzene ring substituents is 1. The van der Waals surface area contributed by atoms with Gasteiger partial charge >= 0.3 is 0 Å². The Labute approximate surface area is 92.2 Å². The van der Waals surface area contributed by atoms with Gasteiger partial charge in [0.05, 0.1) is 11.5 Å². The topological polar surface area (TPSA) is 69.4 Å². The third kappa shape index (κ3) is 2.36. The van der Waals surface area contributed by atoms with E-state index in [9.17, 15) is 14.9 Å². The highest BCUT2D eigenvalue weighted by molar-refractivity contribution is 5.84. The maximum absolute atomic E-state index is 10.7. The van der Waals surface area contributed by atoms with Crippen LogP contribution in [0, 0.1) is 16.0 Å². The second-order valence-electron chi connectivity index (χ2n) is 3.87. The Bertz CT molecular complexity index is 404. The van der Waals surface area contributed by atoms with Gasteiger partial charge in [-0.3, -0.25) is 14.9 Å². The van der Waals surface area contributed by atoms with Crippen molar-refractivity contribution in [2.75, 3.05) is 6.61 Å². The lowest BCUT2D eigenvalue weighted by Crippen LogP contribution is -2.28. The van der Waals surface area contributed by atoms with E-state index in [4.69, 9.17) is 4.74 Å². The Hall–Kier alpha value is -1.91. The fourth-order valence-corrected chi connectivity index (χ4v) is 1.58. The Morgan fingerprint density at radius 3 is 2.44 bits per heavy atom.